The van der Waals surface area contributed by atoms with Gasteiger partial charge in [0, 0.05) is 0 Å². The second kappa shape index (κ2) is 4.57. The topological polar surface area (TPSA) is 38.9 Å². The predicted molar refractivity (Wildman–Crippen MR) is 64.0 cm³/mol. The molecule has 0 saturated carbocycles. The van der Waals surface area contributed by atoms with Crippen molar-refractivity contribution in [2.45, 2.75) is 0 Å². The van der Waals surface area contributed by atoms with Crippen LogP contribution in [0.5, 0.6) is 0 Å². The summed E-state index contributed by atoms with van der Waals surface area (Å²) in [7, 11) is 0. The molecule has 0 aliphatic carbocycles. The van der Waals surface area contributed by atoms with Gasteiger partial charge < -0.3 is 5.73 Å². The molecular weight excluding hydrogens is 203 g/mol. The van der Waals surface area contributed by atoms with Crippen LogP contribution in [-0.4, -0.2) is 4.98 Å². The van der Waals surface area contributed by atoms with Gasteiger partial charge in [-0.25, -0.2) is 9.37 Å². The molecular formula is C13H11FN2. The van der Waals surface area contributed by atoms with Crippen LogP contribution in [-0.2, 0) is 0 Å². The molecule has 0 fully saturated rings. The van der Waals surface area contributed by atoms with Crippen molar-refractivity contribution in [3.05, 3.63) is 59.5 Å². The summed E-state index contributed by atoms with van der Waals surface area (Å²) in [5.74, 6) is 0.226. The number of nitrogens with two attached hydrogens (primary N) is 1. The number of aromatic nitrogens is 1. The lowest BCUT2D eigenvalue weighted by molar-refractivity contribution is 0.627. The van der Waals surface area contributed by atoms with Gasteiger partial charge in [-0.1, -0.05) is 24.3 Å². The number of halogens is 1. The molecule has 0 bridgehead atoms. The molecule has 2 rings (SSSR count). The third-order valence-corrected chi connectivity index (χ3v) is 2.09. The van der Waals surface area contributed by atoms with E-state index >= 15 is 0 Å². The molecule has 3 heteroatoms. The fraction of sp³-hybridized carbons (Fsp3) is 0. The molecule has 0 saturated heterocycles. The van der Waals surface area contributed by atoms with Gasteiger partial charge in [-0.15, -0.1) is 0 Å². The molecule has 1 aromatic heterocycles. The maximum absolute atomic E-state index is 12.9. The quantitative estimate of drug-likeness (QED) is 0.834. The molecule has 1 aromatic carbocycles. The summed E-state index contributed by atoms with van der Waals surface area (Å²) in [4.78, 5) is 4.11. The van der Waals surface area contributed by atoms with Crippen LogP contribution in [0.25, 0.3) is 12.2 Å². The van der Waals surface area contributed by atoms with Crippen molar-refractivity contribution in [1.29, 1.82) is 0 Å². The van der Waals surface area contributed by atoms with Crippen LogP contribution < -0.4 is 5.73 Å². The molecule has 80 valence electrons. The first-order chi connectivity index (χ1) is 7.74. The number of rotatable bonds is 2. The molecule has 0 aliphatic heterocycles. The van der Waals surface area contributed by atoms with E-state index < -0.39 is 0 Å². The van der Waals surface area contributed by atoms with E-state index in [0.29, 0.717) is 5.82 Å². The van der Waals surface area contributed by atoms with Crippen LogP contribution >= 0.6 is 0 Å². The zero-order valence-corrected chi connectivity index (χ0v) is 8.60. The van der Waals surface area contributed by atoms with Gasteiger partial charge in [-0.3, -0.25) is 0 Å². The van der Waals surface area contributed by atoms with Crippen molar-refractivity contribution in [3.8, 4) is 0 Å². The van der Waals surface area contributed by atoms with Crippen LogP contribution in [0, 0.1) is 5.82 Å². The second-order valence-electron chi connectivity index (χ2n) is 3.38. The Morgan fingerprint density at radius 1 is 1.06 bits per heavy atom. The minimum absolute atomic E-state index is 0.248. The van der Waals surface area contributed by atoms with Crippen LogP contribution in [0.2, 0.25) is 0 Å². The Bertz CT molecular complexity index is 473. The van der Waals surface area contributed by atoms with E-state index in [1.54, 1.807) is 24.3 Å². The molecule has 2 aromatic rings. The van der Waals surface area contributed by atoms with E-state index in [-0.39, 0.29) is 5.82 Å². The summed E-state index contributed by atoms with van der Waals surface area (Å²) in [6.07, 6.45) is 3.59. The highest BCUT2D eigenvalue weighted by atomic mass is 19.1. The predicted octanol–water partition coefficient (Wildman–Crippen LogP) is 2.97. The normalized spacial score (nSPS) is 10.8. The lowest BCUT2D eigenvalue weighted by atomic mass is 10.2. The SMILES string of the molecule is Nc1cccc(C=Cc2cccc(F)c2)n1. The average molecular weight is 214 g/mol. The summed E-state index contributed by atoms with van der Waals surface area (Å²) < 4.78 is 12.9. The van der Waals surface area contributed by atoms with E-state index in [1.807, 2.05) is 18.2 Å². The van der Waals surface area contributed by atoms with Crippen LogP contribution in [0.3, 0.4) is 0 Å². The summed E-state index contributed by atoms with van der Waals surface area (Å²) in [5, 5.41) is 0. The van der Waals surface area contributed by atoms with Gasteiger partial charge in [-0.05, 0) is 35.9 Å². The van der Waals surface area contributed by atoms with Crippen molar-refractivity contribution in [1.82, 2.24) is 4.98 Å². The van der Waals surface area contributed by atoms with Gasteiger partial charge in [0.05, 0.1) is 5.69 Å². The molecule has 0 amide bonds. The Labute approximate surface area is 93.3 Å². The highest BCUT2D eigenvalue weighted by Gasteiger charge is 1.92. The Balaban J connectivity index is 2.21. The van der Waals surface area contributed by atoms with E-state index in [1.165, 1.54) is 12.1 Å². The summed E-state index contributed by atoms with van der Waals surface area (Å²) in [6.45, 7) is 0. The summed E-state index contributed by atoms with van der Waals surface area (Å²) in [5.41, 5.74) is 7.10. The first-order valence-electron chi connectivity index (χ1n) is 4.90. The van der Waals surface area contributed by atoms with Crippen molar-refractivity contribution >= 4 is 18.0 Å². The third kappa shape index (κ3) is 2.67. The lowest BCUT2D eigenvalue weighted by Crippen LogP contribution is -1.90. The fourth-order valence-corrected chi connectivity index (χ4v) is 1.35. The zero-order chi connectivity index (χ0) is 11.4. The van der Waals surface area contributed by atoms with Gasteiger partial charge >= 0.3 is 0 Å². The Morgan fingerprint density at radius 3 is 2.62 bits per heavy atom. The number of anilines is 1. The summed E-state index contributed by atoms with van der Waals surface area (Å²) in [6, 6.07) is 11.8. The molecule has 2 N–H and O–H groups in total. The smallest absolute Gasteiger partial charge is 0.124 e. The molecule has 2 nitrogen and oxygen atoms in total. The van der Waals surface area contributed by atoms with Crippen molar-refractivity contribution in [3.63, 3.8) is 0 Å². The first-order valence-corrected chi connectivity index (χ1v) is 4.90. The minimum atomic E-state index is -0.248. The molecule has 0 atom stereocenters. The molecule has 1 heterocycles. The maximum atomic E-state index is 12.9. The van der Waals surface area contributed by atoms with Crippen LogP contribution in [0.1, 0.15) is 11.3 Å². The lowest BCUT2D eigenvalue weighted by Gasteiger charge is -1.95. The van der Waals surface area contributed by atoms with Crippen molar-refractivity contribution in [2.75, 3.05) is 5.73 Å². The number of pyridine rings is 1. The average Bonchev–Trinajstić information content (AvgIpc) is 2.27. The van der Waals surface area contributed by atoms with Gasteiger partial charge in [0.25, 0.3) is 0 Å². The van der Waals surface area contributed by atoms with Crippen LogP contribution in [0.4, 0.5) is 10.2 Å². The monoisotopic (exact) mass is 214 g/mol. The second-order valence-corrected chi connectivity index (χ2v) is 3.38. The molecule has 0 radical (unpaired) electrons. The number of nitrogens with zero attached hydrogens (tertiary/aromatic N) is 1. The highest BCUT2D eigenvalue weighted by molar-refractivity contribution is 5.68. The standard InChI is InChI=1S/C13H11FN2/c14-11-4-1-3-10(9-11)7-8-12-5-2-6-13(15)16-12/h1-9H,(H2,15,16). The first kappa shape index (κ1) is 10.4. The number of nitrogen functional groups attached to an aromatic ring is 1. The van der Waals surface area contributed by atoms with E-state index in [2.05, 4.69) is 4.98 Å². The fourth-order valence-electron chi connectivity index (χ4n) is 1.35. The number of hydrogen-bond donors (Lipinski definition) is 1. The van der Waals surface area contributed by atoms with E-state index in [9.17, 15) is 4.39 Å². The summed E-state index contributed by atoms with van der Waals surface area (Å²) >= 11 is 0. The van der Waals surface area contributed by atoms with Gasteiger partial charge in [0.1, 0.15) is 11.6 Å². The minimum Gasteiger partial charge on any atom is -0.384 e. The van der Waals surface area contributed by atoms with Gasteiger partial charge in [-0.2, -0.15) is 0 Å². The number of hydrogen-bond acceptors (Lipinski definition) is 2. The third-order valence-electron chi connectivity index (χ3n) is 2.09. The molecule has 16 heavy (non-hydrogen) atoms. The van der Waals surface area contributed by atoms with E-state index in [0.717, 1.165) is 11.3 Å². The maximum Gasteiger partial charge on any atom is 0.124 e. The zero-order valence-electron chi connectivity index (χ0n) is 8.60. The van der Waals surface area contributed by atoms with Crippen molar-refractivity contribution in [2.24, 2.45) is 0 Å². The molecule has 0 aliphatic rings. The van der Waals surface area contributed by atoms with Gasteiger partial charge in [0.2, 0.25) is 0 Å². The Morgan fingerprint density at radius 2 is 1.88 bits per heavy atom. The van der Waals surface area contributed by atoms with Crippen LogP contribution in [0.15, 0.2) is 42.5 Å². The number of benzene rings is 1. The van der Waals surface area contributed by atoms with E-state index in [4.69, 9.17) is 5.73 Å². The molecule has 0 spiro atoms. The Kier molecular flexibility index (Phi) is 2.96. The Hall–Kier alpha value is -2.16. The highest BCUT2D eigenvalue weighted by Crippen LogP contribution is 2.09. The largest absolute Gasteiger partial charge is 0.384 e. The molecule has 0 unspecified atom stereocenters. The van der Waals surface area contributed by atoms with Crippen molar-refractivity contribution < 1.29 is 4.39 Å². The van der Waals surface area contributed by atoms with Gasteiger partial charge in [0.15, 0.2) is 0 Å².